The molecule has 0 aliphatic carbocycles. The van der Waals surface area contributed by atoms with Gasteiger partial charge in [-0.25, -0.2) is 9.97 Å². The van der Waals surface area contributed by atoms with Crippen molar-refractivity contribution in [1.82, 2.24) is 19.4 Å². The van der Waals surface area contributed by atoms with Crippen LogP contribution in [0.2, 0.25) is 0 Å². The van der Waals surface area contributed by atoms with Gasteiger partial charge in [-0.3, -0.25) is 0 Å². The Hall–Kier alpha value is -2.98. The van der Waals surface area contributed by atoms with Crippen molar-refractivity contribution in [1.29, 1.82) is 0 Å². The summed E-state index contributed by atoms with van der Waals surface area (Å²) in [5, 5.41) is 3.68. The fourth-order valence-electron chi connectivity index (χ4n) is 3.72. The smallest absolute Gasteiger partial charge is 0.160 e. The first-order valence-corrected chi connectivity index (χ1v) is 8.93. The Labute approximate surface area is 151 Å². The summed E-state index contributed by atoms with van der Waals surface area (Å²) < 4.78 is 2.32. The van der Waals surface area contributed by atoms with E-state index >= 15 is 0 Å². The summed E-state index contributed by atoms with van der Waals surface area (Å²) in [6.07, 6.45) is 0. The molecule has 128 valence electrons. The van der Waals surface area contributed by atoms with Gasteiger partial charge >= 0.3 is 0 Å². The van der Waals surface area contributed by atoms with Gasteiger partial charge in [-0.2, -0.15) is 0 Å². The summed E-state index contributed by atoms with van der Waals surface area (Å²) in [7, 11) is 4.20. The monoisotopic (exact) mass is 340 g/mol. The summed E-state index contributed by atoms with van der Waals surface area (Å²) >= 11 is 0. The molecule has 0 aliphatic heterocycles. The van der Waals surface area contributed by atoms with E-state index in [-0.39, 0.29) is 0 Å². The van der Waals surface area contributed by atoms with E-state index in [1.165, 1.54) is 21.7 Å². The fraction of sp³-hybridized carbons (Fsp3) is 0.182. The van der Waals surface area contributed by atoms with Crippen molar-refractivity contribution in [2.24, 2.45) is 0 Å². The summed E-state index contributed by atoms with van der Waals surface area (Å²) in [4.78, 5) is 12.2. The number of fused-ring (bicyclic) bond motifs is 6. The van der Waals surface area contributed by atoms with Gasteiger partial charge in [0.05, 0.1) is 16.6 Å². The SMILES string of the molecule is CN(C)CCn1c2ccc3ccccc3c2c2nc3ccccc3nc21. The van der Waals surface area contributed by atoms with Crippen molar-refractivity contribution in [3.63, 3.8) is 0 Å². The molecule has 5 rings (SSSR count). The highest BCUT2D eigenvalue weighted by molar-refractivity contribution is 6.19. The van der Waals surface area contributed by atoms with Crippen LogP contribution in [-0.2, 0) is 6.54 Å². The molecule has 2 heterocycles. The highest BCUT2D eigenvalue weighted by Crippen LogP contribution is 2.33. The van der Waals surface area contributed by atoms with Crippen LogP contribution < -0.4 is 0 Å². The molecule has 0 unspecified atom stereocenters. The Morgan fingerprint density at radius 1 is 0.846 bits per heavy atom. The van der Waals surface area contributed by atoms with Crippen molar-refractivity contribution in [2.75, 3.05) is 20.6 Å². The summed E-state index contributed by atoms with van der Waals surface area (Å²) in [5.41, 5.74) is 5.06. The maximum absolute atomic E-state index is 5.01. The van der Waals surface area contributed by atoms with E-state index in [2.05, 4.69) is 60.0 Å². The lowest BCUT2D eigenvalue weighted by Gasteiger charge is -2.12. The zero-order chi connectivity index (χ0) is 17.7. The molecule has 2 aromatic heterocycles. The fourth-order valence-corrected chi connectivity index (χ4v) is 3.72. The number of rotatable bonds is 3. The quantitative estimate of drug-likeness (QED) is 0.486. The van der Waals surface area contributed by atoms with Gasteiger partial charge < -0.3 is 9.47 Å². The molecule has 0 fully saturated rings. The van der Waals surface area contributed by atoms with E-state index in [1.54, 1.807) is 0 Å². The number of likely N-dealkylation sites (N-methyl/N-ethyl adjacent to an activating group) is 1. The standard InChI is InChI=1S/C22H20N4/c1-25(2)13-14-26-19-12-11-15-7-3-4-8-16(15)20(19)21-22(26)24-18-10-6-5-9-17(18)23-21/h3-12H,13-14H2,1-2H3. The van der Waals surface area contributed by atoms with Crippen molar-refractivity contribution in [3.05, 3.63) is 60.7 Å². The minimum absolute atomic E-state index is 0.887. The molecule has 0 saturated carbocycles. The van der Waals surface area contributed by atoms with Crippen LogP contribution in [-0.4, -0.2) is 40.1 Å². The van der Waals surface area contributed by atoms with Gasteiger partial charge in [-0.05, 0) is 43.1 Å². The number of para-hydroxylation sites is 2. The van der Waals surface area contributed by atoms with Crippen LogP contribution in [0.15, 0.2) is 60.7 Å². The second kappa shape index (κ2) is 5.78. The van der Waals surface area contributed by atoms with Gasteiger partial charge in [0.2, 0.25) is 0 Å². The lowest BCUT2D eigenvalue weighted by Crippen LogP contribution is -2.18. The molecule has 3 aromatic carbocycles. The van der Waals surface area contributed by atoms with E-state index in [4.69, 9.17) is 9.97 Å². The van der Waals surface area contributed by atoms with Gasteiger partial charge in [0, 0.05) is 18.5 Å². The molecule has 26 heavy (non-hydrogen) atoms. The van der Waals surface area contributed by atoms with Gasteiger partial charge in [0.25, 0.3) is 0 Å². The number of benzene rings is 3. The minimum Gasteiger partial charge on any atom is -0.323 e. The number of nitrogens with zero attached hydrogens (tertiary/aromatic N) is 4. The summed E-state index contributed by atoms with van der Waals surface area (Å²) in [5.74, 6) is 0. The Balaban J connectivity index is 1.95. The molecule has 0 aliphatic rings. The van der Waals surface area contributed by atoms with Crippen LogP contribution in [0.4, 0.5) is 0 Å². The van der Waals surface area contributed by atoms with Crippen LogP contribution in [0, 0.1) is 0 Å². The Kier molecular flexibility index (Phi) is 3.40. The molecule has 0 amide bonds. The molecular weight excluding hydrogens is 320 g/mol. The highest BCUT2D eigenvalue weighted by atomic mass is 15.1. The zero-order valence-corrected chi connectivity index (χ0v) is 15.0. The number of hydrogen-bond acceptors (Lipinski definition) is 3. The Morgan fingerprint density at radius 2 is 1.58 bits per heavy atom. The molecule has 0 bridgehead atoms. The van der Waals surface area contributed by atoms with Gasteiger partial charge in [0.15, 0.2) is 5.65 Å². The predicted molar refractivity (Wildman–Crippen MR) is 109 cm³/mol. The lowest BCUT2D eigenvalue weighted by atomic mass is 10.1. The third kappa shape index (κ3) is 2.26. The normalized spacial score (nSPS) is 12.1. The van der Waals surface area contributed by atoms with Crippen LogP contribution in [0.3, 0.4) is 0 Å². The molecule has 0 N–H and O–H groups in total. The molecule has 0 spiro atoms. The minimum atomic E-state index is 0.887. The highest BCUT2D eigenvalue weighted by Gasteiger charge is 2.16. The van der Waals surface area contributed by atoms with Crippen LogP contribution in [0.25, 0.3) is 43.9 Å². The van der Waals surface area contributed by atoms with Crippen LogP contribution in [0.5, 0.6) is 0 Å². The summed E-state index contributed by atoms with van der Waals surface area (Å²) in [6.45, 7) is 1.85. The molecule has 4 nitrogen and oxygen atoms in total. The third-order valence-electron chi connectivity index (χ3n) is 5.01. The molecule has 0 radical (unpaired) electrons. The van der Waals surface area contributed by atoms with Crippen molar-refractivity contribution >= 4 is 43.9 Å². The second-order valence-electron chi connectivity index (χ2n) is 7.02. The average Bonchev–Trinajstić information content (AvgIpc) is 2.97. The molecule has 4 heteroatoms. The maximum atomic E-state index is 5.01. The number of hydrogen-bond donors (Lipinski definition) is 0. The lowest BCUT2D eigenvalue weighted by molar-refractivity contribution is 0.389. The zero-order valence-electron chi connectivity index (χ0n) is 15.0. The van der Waals surface area contributed by atoms with Crippen molar-refractivity contribution in [3.8, 4) is 0 Å². The summed E-state index contributed by atoms with van der Waals surface area (Å²) in [6, 6.07) is 21.0. The van der Waals surface area contributed by atoms with E-state index in [9.17, 15) is 0 Å². The van der Waals surface area contributed by atoms with E-state index in [1.807, 2.05) is 24.3 Å². The Bertz CT molecular complexity index is 1270. The van der Waals surface area contributed by atoms with E-state index in [0.29, 0.717) is 0 Å². The molecule has 0 atom stereocenters. The van der Waals surface area contributed by atoms with Gasteiger partial charge in [0.1, 0.15) is 5.52 Å². The van der Waals surface area contributed by atoms with Crippen LogP contribution >= 0.6 is 0 Å². The van der Waals surface area contributed by atoms with E-state index < -0.39 is 0 Å². The number of aromatic nitrogens is 3. The molecular formula is C22H20N4. The topological polar surface area (TPSA) is 34.0 Å². The third-order valence-corrected chi connectivity index (χ3v) is 5.01. The first-order valence-electron chi connectivity index (χ1n) is 8.93. The second-order valence-corrected chi connectivity index (χ2v) is 7.02. The maximum Gasteiger partial charge on any atom is 0.160 e. The molecule has 5 aromatic rings. The van der Waals surface area contributed by atoms with Gasteiger partial charge in [-0.1, -0.05) is 42.5 Å². The largest absolute Gasteiger partial charge is 0.323 e. The van der Waals surface area contributed by atoms with Gasteiger partial charge in [-0.15, -0.1) is 0 Å². The van der Waals surface area contributed by atoms with E-state index in [0.717, 1.165) is 35.3 Å². The first kappa shape index (κ1) is 15.3. The first-order chi connectivity index (χ1) is 12.7. The van der Waals surface area contributed by atoms with Crippen molar-refractivity contribution in [2.45, 2.75) is 6.54 Å². The molecule has 0 saturated heterocycles. The average molecular weight is 340 g/mol. The van der Waals surface area contributed by atoms with Crippen LogP contribution in [0.1, 0.15) is 0 Å². The predicted octanol–water partition coefficient (Wildman–Crippen LogP) is 4.45. The Morgan fingerprint density at radius 3 is 2.38 bits per heavy atom. The van der Waals surface area contributed by atoms with Crippen molar-refractivity contribution < 1.29 is 0 Å².